The molecule has 5 rings (SSSR count). The standard InChI is InChI=1S/C22H21FN4OS/c23-17-10-9-15(24-22(28)19-12-14-6-3-4-7-18(14)29-19)13-16(17)21-26-25-20-8-2-1-5-11-27(20)21/h3-4,6-7,9-10,13,19H,1-2,5,8,11-12H2,(H,24,28). The van der Waals surface area contributed by atoms with E-state index in [-0.39, 0.29) is 17.0 Å². The van der Waals surface area contributed by atoms with E-state index in [2.05, 4.69) is 21.6 Å². The van der Waals surface area contributed by atoms with E-state index in [1.807, 2.05) is 22.8 Å². The molecule has 1 atom stereocenters. The number of anilines is 1. The molecule has 2 aliphatic heterocycles. The first-order chi connectivity index (χ1) is 14.2. The Morgan fingerprint density at radius 3 is 2.93 bits per heavy atom. The fraction of sp³-hybridized carbons (Fsp3) is 0.318. The lowest BCUT2D eigenvalue weighted by Crippen LogP contribution is -2.24. The van der Waals surface area contributed by atoms with Gasteiger partial charge in [0.05, 0.1) is 10.8 Å². The molecule has 0 saturated carbocycles. The van der Waals surface area contributed by atoms with Gasteiger partial charge in [0, 0.05) is 23.5 Å². The number of hydrogen-bond donors (Lipinski definition) is 1. The van der Waals surface area contributed by atoms with E-state index < -0.39 is 0 Å². The number of amides is 1. The minimum Gasteiger partial charge on any atom is -0.325 e. The van der Waals surface area contributed by atoms with Crippen LogP contribution in [-0.2, 0) is 24.2 Å². The largest absolute Gasteiger partial charge is 0.325 e. The van der Waals surface area contributed by atoms with Gasteiger partial charge in [-0.1, -0.05) is 24.6 Å². The van der Waals surface area contributed by atoms with Crippen molar-refractivity contribution in [2.24, 2.45) is 0 Å². The first-order valence-electron chi connectivity index (χ1n) is 9.96. The maximum Gasteiger partial charge on any atom is 0.238 e. The third-order valence-electron chi connectivity index (χ3n) is 5.52. The molecular weight excluding hydrogens is 387 g/mol. The Labute approximate surface area is 172 Å². The molecule has 0 saturated heterocycles. The van der Waals surface area contributed by atoms with E-state index >= 15 is 0 Å². The fourth-order valence-electron chi connectivity index (χ4n) is 4.01. The average molecular weight is 409 g/mol. The predicted octanol–water partition coefficient (Wildman–Crippen LogP) is 4.47. The Morgan fingerprint density at radius 2 is 2.03 bits per heavy atom. The van der Waals surface area contributed by atoms with Crippen molar-refractivity contribution in [1.29, 1.82) is 0 Å². The quantitative estimate of drug-likeness (QED) is 0.695. The lowest BCUT2D eigenvalue weighted by molar-refractivity contribution is -0.115. The molecule has 0 aliphatic carbocycles. The van der Waals surface area contributed by atoms with Crippen LogP contribution < -0.4 is 5.32 Å². The number of benzene rings is 2. The van der Waals surface area contributed by atoms with E-state index in [1.165, 1.54) is 11.6 Å². The predicted molar refractivity (Wildman–Crippen MR) is 111 cm³/mol. The molecule has 0 fully saturated rings. The number of fused-ring (bicyclic) bond motifs is 2. The summed E-state index contributed by atoms with van der Waals surface area (Å²) in [6, 6.07) is 12.7. The molecule has 1 amide bonds. The van der Waals surface area contributed by atoms with Crippen LogP contribution in [-0.4, -0.2) is 25.9 Å². The minimum absolute atomic E-state index is 0.0659. The summed E-state index contributed by atoms with van der Waals surface area (Å²) in [5.41, 5.74) is 2.16. The summed E-state index contributed by atoms with van der Waals surface area (Å²) >= 11 is 1.58. The molecule has 29 heavy (non-hydrogen) atoms. The van der Waals surface area contributed by atoms with Gasteiger partial charge >= 0.3 is 0 Å². The van der Waals surface area contributed by atoms with Crippen LogP contribution in [0.5, 0.6) is 0 Å². The molecule has 0 bridgehead atoms. The number of hydrogen-bond acceptors (Lipinski definition) is 4. The molecule has 148 valence electrons. The van der Waals surface area contributed by atoms with E-state index in [9.17, 15) is 9.18 Å². The first kappa shape index (κ1) is 18.4. The molecule has 0 radical (unpaired) electrons. The van der Waals surface area contributed by atoms with Gasteiger partial charge < -0.3 is 9.88 Å². The van der Waals surface area contributed by atoms with Crippen LogP contribution in [0.4, 0.5) is 10.1 Å². The maximum atomic E-state index is 14.6. The summed E-state index contributed by atoms with van der Waals surface area (Å²) in [5, 5.41) is 11.3. The highest BCUT2D eigenvalue weighted by Crippen LogP contribution is 2.37. The number of aryl methyl sites for hydroxylation is 1. The van der Waals surface area contributed by atoms with Crippen molar-refractivity contribution in [1.82, 2.24) is 14.8 Å². The van der Waals surface area contributed by atoms with Gasteiger partial charge in [-0.25, -0.2) is 4.39 Å². The maximum absolute atomic E-state index is 14.6. The number of halogens is 1. The Kier molecular flexibility index (Phi) is 4.83. The van der Waals surface area contributed by atoms with Crippen molar-refractivity contribution >= 4 is 23.4 Å². The van der Waals surface area contributed by atoms with Crippen LogP contribution in [0, 0.1) is 5.82 Å². The van der Waals surface area contributed by atoms with Crippen molar-refractivity contribution in [2.75, 3.05) is 5.32 Å². The topological polar surface area (TPSA) is 59.8 Å². The van der Waals surface area contributed by atoms with Crippen LogP contribution in [0.2, 0.25) is 0 Å². The van der Waals surface area contributed by atoms with Crippen molar-refractivity contribution in [3.8, 4) is 11.4 Å². The third kappa shape index (κ3) is 3.55. The van der Waals surface area contributed by atoms with Gasteiger partial charge in [0.15, 0.2) is 5.82 Å². The molecule has 0 spiro atoms. The number of nitrogens with zero attached hydrogens (tertiary/aromatic N) is 3. The van der Waals surface area contributed by atoms with Gasteiger partial charge in [-0.05, 0) is 49.1 Å². The smallest absolute Gasteiger partial charge is 0.238 e. The molecule has 1 aromatic heterocycles. The van der Waals surface area contributed by atoms with Gasteiger partial charge in [-0.15, -0.1) is 22.0 Å². The number of carbonyl (C=O) groups is 1. The highest BCUT2D eigenvalue weighted by Gasteiger charge is 2.28. The summed E-state index contributed by atoms with van der Waals surface area (Å²) in [6.45, 7) is 0.796. The Bertz CT molecular complexity index is 1060. The normalized spacial score (nSPS) is 18.0. The number of aromatic nitrogens is 3. The SMILES string of the molecule is O=C(Nc1ccc(F)c(-c2nnc3n2CCCCC3)c1)C1Cc2ccccc2S1. The van der Waals surface area contributed by atoms with Crippen LogP contribution in [0.25, 0.3) is 11.4 Å². The van der Waals surface area contributed by atoms with Gasteiger partial charge in [-0.2, -0.15) is 0 Å². The van der Waals surface area contributed by atoms with Crippen molar-refractivity contribution in [3.63, 3.8) is 0 Å². The molecule has 3 aromatic rings. The molecule has 1 unspecified atom stereocenters. The lowest BCUT2D eigenvalue weighted by atomic mass is 10.1. The van der Waals surface area contributed by atoms with Gasteiger partial charge in [-0.3, -0.25) is 4.79 Å². The van der Waals surface area contributed by atoms with E-state index in [1.54, 1.807) is 23.9 Å². The molecule has 5 nitrogen and oxygen atoms in total. The molecular formula is C22H21FN4OS. The van der Waals surface area contributed by atoms with Crippen molar-refractivity contribution in [3.05, 3.63) is 59.7 Å². The van der Waals surface area contributed by atoms with Crippen LogP contribution in [0.1, 0.15) is 30.7 Å². The summed E-state index contributed by atoms with van der Waals surface area (Å²) in [4.78, 5) is 13.9. The molecule has 1 N–H and O–H groups in total. The zero-order chi connectivity index (χ0) is 19.8. The molecule has 2 aromatic carbocycles. The average Bonchev–Trinajstić information content (AvgIpc) is 3.27. The first-order valence-corrected chi connectivity index (χ1v) is 10.8. The second-order valence-corrected chi connectivity index (χ2v) is 8.75. The number of carbonyl (C=O) groups excluding carboxylic acids is 1. The Balaban J connectivity index is 1.38. The number of thioether (sulfide) groups is 1. The van der Waals surface area contributed by atoms with Crippen molar-refractivity contribution in [2.45, 2.75) is 48.8 Å². The minimum atomic E-state index is -0.356. The second kappa shape index (κ2) is 7.63. The molecule has 3 heterocycles. The molecule has 7 heteroatoms. The highest BCUT2D eigenvalue weighted by atomic mass is 32.2. The van der Waals surface area contributed by atoms with Crippen molar-refractivity contribution < 1.29 is 9.18 Å². The molecule has 2 aliphatic rings. The van der Waals surface area contributed by atoms with Gasteiger partial charge in [0.1, 0.15) is 11.6 Å². The summed E-state index contributed by atoms with van der Waals surface area (Å²) < 4.78 is 16.6. The summed E-state index contributed by atoms with van der Waals surface area (Å²) in [7, 11) is 0. The third-order valence-corrected chi connectivity index (χ3v) is 6.84. The van der Waals surface area contributed by atoms with E-state index in [0.29, 0.717) is 23.5 Å². The summed E-state index contributed by atoms with van der Waals surface area (Å²) in [5.74, 6) is 1.03. The monoisotopic (exact) mass is 408 g/mol. The fourth-order valence-corrected chi connectivity index (χ4v) is 5.21. The Hall–Kier alpha value is -2.67. The van der Waals surface area contributed by atoms with E-state index in [4.69, 9.17) is 0 Å². The number of nitrogens with one attached hydrogen (secondary N) is 1. The van der Waals surface area contributed by atoms with Crippen LogP contribution in [0.15, 0.2) is 47.4 Å². The summed E-state index contributed by atoms with van der Waals surface area (Å²) in [6.07, 6.45) is 4.83. The number of rotatable bonds is 3. The van der Waals surface area contributed by atoms with Gasteiger partial charge in [0.25, 0.3) is 0 Å². The van der Waals surface area contributed by atoms with Crippen LogP contribution in [0.3, 0.4) is 0 Å². The zero-order valence-corrected chi connectivity index (χ0v) is 16.7. The highest BCUT2D eigenvalue weighted by molar-refractivity contribution is 8.01. The van der Waals surface area contributed by atoms with Crippen LogP contribution >= 0.6 is 11.8 Å². The Morgan fingerprint density at radius 1 is 1.14 bits per heavy atom. The zero-order valence-electron chi connectivity index (χ0n) is 15.9. The second-order valence-electron chi connectivity index (χ2n) is 7.50. The lowest BCUT2D eigenvalue weighted by Gasteiger charge is -2.12. The van der Waals surface area contributed by atoms with E-state index in [0.717, 1.165) is 42.9 Å². The van der Waals surface area contributed by atoms with Gasteiger partial charge in [0.2, 0.25) is 5.91 Å².